The number of esters is 1. The van der Waals surface area contributed by atoms with E-state index in [1.807, 2.05) is 27.7 Å². The highest BCUT2D eigenvalue weighted by atomic mass is 19.1. The Hall–Kier alpha value is -2.32. The van der Waals surface area contributed by atoms with Gasteiger partial charge in [-0.3, -0.25) is 4.79 Å². The minimum atomic E-state index is -0.962. The van der Waals surface area contributed by atoms with Gasteiger partial charge in [-0.1, -0.05) is 25.1 Å². The standard InChI is InChI=1S/C22H30BFO6/c1-7-17(25)16(23-29-21(3,4)22(5,6)30-23)14-19(24)28-18-12-10-9-11-15(18)13-20(26)27-8-2/h9-12,14,25H,7-8,13H2,1-6H3/b17-16-,19-14?. The predicted molar refractivity (Wildman–Crippen MR) is 113 cm³/mol. The van der Waals surface area contributed by atoms with Crippen molar-refractivity contribution in [3.63, 3.8) is 0 Å². The molecule has 1 saturated heterocycles. The topological polar surface area (TPSA) is 74.2 Å². The molecule has 164 valence electrons. The molecular formula is C22H30BFO6. The van der Waals surface area contributed by atoms with Gasteiger partial charge in [-0.25, -0.2) is 0 Å². The number of allylic oxidation sites excluding steroid dienone is 3. The van der Waals surface area contributed by atoms with Crippen molar-refractivity contribution >= 4 is 13.1 Å². The van der Waals surface area contributed by atoms with Gasteiger partial charge >= 0.3 is 13.1 Å². The van der Waals surface area contributed by atoms with Crippen LogP contribution in [-0.2, 0) is 25.3 Å². The van der Waals surface area contributed by atoms with Gasteiger partial charge in [-0.05, 0) is 40.7 Å². The van der Waals surface area contributed by atoms with Crippen LogP contribution in [0.5, 0.6) is 5.75 Å². The summed E-state index contributed by atoms with van der Waals surface area (Å²) in [7, 11) is -0.945. The van der Waals surface area contributed by atoms with Crippen molar-refractivity contribution in [2.24, 2.45) is 0 Å². The largest absolute Gasteiger partial charge is 0.513 e. The van der Waals surface area contributed by atoms with Crippen LogP contribution in [0.15, 0.2) is 47.6 Å². The summed E-state index contributed by atoms with van der Waals surface area (Å²) in [5, 5.41) is 10.4. The van der Waals surface area contributed by atoms with Gasteiger partial charge in [-0.15, -0.1) is 0 Å². The van der Waals surface area contributed by atoms with Crippen LogP contribution in [0.2, 0.25) is 0 Å². The fraction of sp³-hybridized carbons (Fsp3) is 0.500. The van der Waals surface area contributed by atoms with Crippen molar-refractivity contribution in [1.29, 1.82) is 0 Å². The van der Waals surface area contributed by atoms with Gasteiger partial charge in [0.1, 0.15) is 5.75 Å². The lowest BCUT2D eigenvalue weighted by atomic mass is 9.76. The summed E-state index contributed by atoms with van der Waals surface area (Å²) >= 11 is 0. The van der Waals surface area contributed by atoms with E-state index in [9.17, 15) is 14.3 Å². The summed E-state index contributed by atoms with van der Waals surface area (Å²) in [6.07, 6.45) is 1.28. The third kappa shape index (κ3) is 5.64. The zero-order chi connectivity index (χ0) is 22.5. The predicted octanol–water partition coefficient (Wildman–Crippen LogP) is 4.84. The summed E-state index contributed by atoms with van der Waals surface area (Å²) in [5.41, 5.74) is -0.653. The van der Waals surface area contributed by atoms with Gasteiger partial charge < -0.3 is 23.9 Å². The average molecular weight is 420 g/mol. The van der Waals surface area contributed by atoms with E-state index in [2.05, 4.69) is 0 Å². The number of rotatable bonds is 8. The molecule has 0 atom stereocenters. The van der Waals surface area contributed by atoms with Crippen LogP contribution >= 0.6 is 0 Å². The average Bonchev–Trinajstić information content (AvgIpc) is 2.88. The summed E-state index contributed by atoms with van der Waals surface area (Å²) in [6.45, 7) is 11.2. The van der Waals surface area contributed by atoms with Crippen molar-refractivity contribution in [3.05, 3.63) is 53.1 Å². The van der Waals surface area contributed by atoms with E-state index in [0.717, 1.165) is 6.08 Å². The molecule has 0 radical (unpaired) electrons. The molecule has 1 aromatic carbocycles. The van der Waals surface area contributed by atoms with Crippen LogP contribution < -0.4 is 4.74 Å². The Bertz CT molecular complexity index is 815. The molecule has 0 amide bonds. The second-order valence-corrected chi connectivity index (χ2v) is 7.98. The van der Waals surface area contributed by atoms with Gasteiger partial charge in [-0.2, -0.15) is 4.39 Å². The molecule has 0 aliphatic carbocycles. The number of para-hydroxylation sites is 1. The fourth-order valence-corrected chi connectivity index (χ4v) is 2.84. The van der Waals surface area contributed by atoms with Crippen LogP contribution in [-0.4, -0.2) is 36.0 Å². The number of benzene rings is 1. The van der Waals surface area contributed by atoms with Gasteiger partial charge in [0.05, 0.1) is 30.0 Å². The van der Waals surface area contributed by atoms with Crippen LogP contribution in [0.1, 0.15) is 53.5 Å². The molecule has 1 aliphatic heterocycles. The molecule has 0 unspecified atom stereocenters. The number of halogens is 1. The third-order valence-corrected chi connectivity index (χ3v) is 5.26. The monoisotopic (exact) mass is 420 g/mol. The van der Waals surface area contributed by atoms with E-state index in [4.69, 9.17) is 18.8 Å². The molecule has 0 bridgehead atoms. The Balaban J connectivity index is 2.27. The number of aliphatic hydroxyl groups excluding tert-OH is 1. The lowest BCUT2D eigenvalue weighted by Crippen LogP contribution is -2.41. The van der Waals surface area contributed by atoms with Crippen molar-refractivity contribution in [2.45, 2.75) is 65.6 Å². The van der Waals surface area contributed by atoms with Crippen molar-refractivity contribution in [3.8, 4) is 5.75 Å². The first kappa shape index (κ1) is 24.0. The fourth-order valence-electron chi connectivity index (χ4n) is 2.84. The van der Waals surface area contributed by atoms with Gasteiger partial charge in [0, 0.05) is 23.5 Å². The first-order valence-corrected chi connectivity index (χ1v) is 10.1. The van der Waals surface area contributed by atoms with Crippen LogP contribution in [0.4, 0.5) is 4.39 Å². The van der Waals surface area contributed by atoms with E-state index < -0.39 is 30.3 Å². The van der Waals surface area contributed by atoms with E-state index in [-0.39, 0.29) is 36.4 Å². The van der Waals surface area contributed by atoms with E-state index in [1.165, 1.54) is 0 Å². The molecule has 1 fully saturated rings. The number of ether oxygens (including phenoxy) is 2. The molecule has 8 heteroatoms. The number of hydrogen-bond acceptors (Lipinski definition) is 6. The molecule has 1 N–H and O–H groups in total. The number of carbonyl (C=O) groups is 1. The molecule has 0 spiro atoms. The highest BCUT2D eigenvalue weighted by molar-refractivity contribution is 6.55. The Labute approximate surface area is 177 Å². The maximum atomic E-state index is 14.8. The van der Waals surface area contributed by atoms with Gasteiger partial charge in [0.2, 0.25) is 0 Å². The molecule has 1 aromatic rings. The minimum Gasteiger partial charge on any atom is -0.513 e. The molecule has 1 heterocycles. The number of carbonyl (C=O) groups excluding carboxylic acids is 1. The molecular weight excluding hydrogens is 390 g/mol. The molecule has 6 nitrogen and oxygen atoms in total. The van der Waals surface area contributed by atoms with Crippen molar-refractivity contribution in [2.75, 3.05) is 6.61 Å². The molecule has 1 aliphatic rings. The molecule has 2 rings (SSSR count). The minimum absolute atomic E-state index is 0.0442. The summed E-state index contributed by atoms with van der Waals surface area (Å²) in [6, 6.07) is 5.65. The maximum absolute atomic E-state index is 14.8. The summed E-state index contributed by atoms with van der Waals surface area (Å²) in [5.74, 6) is -0.310. The first-order valence-electron chi connectivity index (χ1n) is 10.1. The molecule has 0 saturated carbocycles. The van der Waals surface area contributed by atoms with Gasteiger partial charge in [0.15, 0.2) is 0 Å². The van der Waals surface area contributed by atoms with Crippen LogP contribution in [0.3, 0.4) is 0 Å². The molecule has 30 heavy (non-hydrogen) atoms. The lowest BCUT2D eigenvalue weighted by Gasteiger charge is -2.32. The van der Waals surface area contributed by atoms with Gasteiger partial charge in [0.25, 0.3) is 6.01 Å². The van der Waals surface area contributed by atoms with E-state index in [1.54, 1.807) is 38.1 Å². The highest BCUT2D eigenvalue weighted by Crippen LogP contribution is 2.39. The number of hydrogen-bond donors (Lipinski definition) is 1. The highest BCUT2D eigenvalue weighted by Gasteiger charge is 2.52. The normalized spacial score (nSPS) is 18.8. The van der Waals surface area contributed by atoms with Crippen molar-refractivity contribution < 1.29 is 33.1 Å². The van der Waals surface area contributed by atoms with Crippen LogP contribution in [0, 0.1) is 0 Å². The quantitative estimate of drug-likeness (QED) is 0.281. The first-order chi connectivity index (χ1) is 14.0. The zero-order valence-electron chi connectivity index (χ0n) is 18.5. The van der Waals surface area contributed by atoms with Crippen LogP contribution in [0.25, 0.3) is 0 Å². The second-order valence-electron chi connectivity index (χ2n) is 7.98. The Morgan fingerprint density at radius 1 is 1.17 bits per heavy atom. The van der Waals surface area contributed by atoms with Crippen molar-refractivity contribution in [1.82, 2.24) is 0 Å². The lowest BCUT2D eigenvalue weighted by molar-refractivity contribution is -0.142. The Kier molecular flexibility index (Phi) is 7.72. The summed E-state index contributed by atoms with van der Waals surface area (Å²) in [4.78, 5) is 11.8. The third-order valence-electron chi connectivity index (χ3n) is 5.26. The van der Waals surface area contributed by atoms with E-state index in [0.29, 0.717) is 5.56 Å². The second kappa shape index (κ2) is 9.66. The zero-order valence-corrected chi connectivity index (χ0v) is 18.5. The Morgan fingerprint density at radius 3 is 2.33 bits per heavy atom. The Morgan fingerprint density at radius 2 is 1.77 bits per heavy atom. The number of aliphatic hydroxyl groups is 1. The SMILES string of the molecule is CCOC(=O)Cc1ccccc1OC(F)=C/C(B1OC(C)(C)C(C)(C)O1)=C(/O)CC. The summed E-state index contributed by atoms with van der Waals surface area (Å²) < 4.78 is 37.0. The van der Waals surface area contributed by atoms with E-state index >= 15 is 0 Å². The smallest absolute Gasteiger partial charge is 0.498 e. The maximum Gasteiger partial charge on any atom is 0.498 e. The molecule has 0 aromatic heterocycles.